The van der Waals surface area contributed by atoms with Gasteiger partial charge in [0.1, 0.15) is 5.71 Å². The van der Waals surface area contributed by atoms with E-state index < -0.39 is 0 Å². The zero-order valence-electron chi connectivity index (χ0n) is 13.9. The molecule has 0 bridgehead atoms. The fraction of sp³-hybridized carbons (Fsp3) is 0.588. The fourth-order valence-corrected chi connectivity index (χ4v) is 3.47. The number of aromatic nitrogens is 1. The molecule has 1 atom stereocenters. The smallest absolute Gasteiger partial charge is 0.270 e. The summed E-state index contributed by atoms with van der Waals surface area (Å²) in [5.41, 5.74) is 1.68. The number of rotatable bonds is 2. The van der Waals surface area contributed by atoms with Crippen molar-refractivity contribution in [1.82, 2.24) is 14.5 Å². The van der Waals surface area contributed by atoms with E-state index in [2.05, 4.69) is 15.7 Å². The average Bonchev–Trinajstić information content (AvgIpc) is 2.82. The molecule has 23 heavy (non-hydrogen) atoms. The maximum Gasteiger partial charge on any atom is 0.270 e. The zero-order valence-corrected chi connectivity index (χ0v) is 13.9. The lowest BCUT2D eigenvalue weighted by Crippen LogP contribution is -2.42. The molecule has 0 spiro atoms. The number of carbonyl (C=O) groups is 2. The van der Waals surface area contributed by atoms with Gasteiger partial charge in [-0.25, -0.2) is 5.01 Å². The minimum atomic E-state index is -0.0311. The minimum absolute atomic E-state index is 0.0162. The fourth-order valence-electron chi connectivity index (χ4n) is 3.47. The minimum Gasteiger partial charge on any atom is -0.353 e. The number of nitrogens with zero attached hydrogens (tertiary/aromatic N) is 4. The largest absolute Gasteiger partial charge is 0.353 e. The highest BCUT2D eigenvalue weighted by Gasteiger charge is 2.32. The Kier molecular flexibility index (Phi) is 4.50. The van der Waals surface area contributed by atoms with Gasteiger partial charge in [-0.15, -0.1) is 0 Å². The van der Waals surface area contributed by atoms with Crippen molar-refractivity contribution in [3.63, 3.8) is 0 Å². The molecule has 1 aromatic rings. The maximum absolute atomic E-state index is 13.0. The van der Waals surface area contributed by atoms with Crippen molar-refractivity contribution >= 4 is 17.5 Å². The molecular formula is C17H24N4O2. The Morgan fingerprint density at radius 2 is 2.04 bits per heavy atom. The molecule has 0 saturated carbocycles. The molecule has 1 aromatic heterocycles. The standard InChI is InChI=1S/C17H24N4O2/c1-19-11-6-8-14(19)15-7-4-3-5-12-21(15)17(23)13-9-10-16(22)20(2)18-13/h6,8,11,15H,3-5,7,9-10,12H2,1-2H3/t15-/m1/s1. The Morgan fingerprint density at radius 3 is 2.74 bits per heavy atom. The van der Waals surface area contributed by atoms with E-state index in [1.54, 1.807) is 7.05 Å². The van der Waals surface area contributed by atoms with Crippen LogP contribution in [0.15, 0.2) is 23.4 Å². The van der Waals surface area contributed by atoms with Crippen molar-refractivity contribution in [1.29, 1.82) is 0 Å². The number of hydrazone groups is 1. The van der Waals surface area contributed by atoms with Gasteiger partial charge in [0.05, 0.1) is 6.04 Å². The van der Waals surface area contributed by atoms with Gasteiger partial charge in [-0.3, -0.25) is 9.59 Å². The van der Waals surface area contributed by atoms with Gasteiger partial charge >= 0.3 is 0 Å². The van der Waals surface area contributed by atoms with Gasteiger partial charge in [-0.1, -0.05) is 12.8 Å². The molecular weight excluding hydrogens is 292 g/mol. The quantitative estimate of drug-likeness (QED) is 0.839. The third kappa shape index (κ3) is 3.16. The van der Waals surface area contributed by atoms with E-state index in [1.807, 2.05) is 24.2 Å². The first kappa shape index (κ1) is 15.8. The maximum atomic E-state index is 13.0. The van der Waals surface area contributed by atoms with Gasteiger partial charge in [0, 0.05) is 45.4 Å². The van der Waals surface area contributed by atoms with Crippen LogP contribution in [-0.2, 0) is 16.6 Å². The molecule has 0 unspecified atom stereocenters. The number of carbonyl (C=O) groups excluding carboxylic acids is 2. The lowest BCUT2D eigenvalue weighted by Gasteiger charge is -2.32. The van der Waals surface area contributed by atoms with Gasteiger partial charge in [-0.2, -0.15) is 5.10 Å². The zero-order chi connectivity index (χ0) is 16.4. The second-order valence-corrected chi connectivity index (χ2v) is 6.37. The molecule has 0 aromatic carbocycles. The summed E-state index contributed by atoms with van der Waals surface area (Å²) in [6, 6.07) is 4.21. The lowest BCUT2D eigenvalue weighted by atomic mass is 10.0. The Morgan fingerprint density at radius 1 is 1.22 bits per heavy atom. The van der Waals surface area contributed by atoms with Crippen LogP contribution in [0.2, 0.25) is 0 Å². The Balaban J connectivity index is 1.88. The molecule has 2 amide bonds. The summed E-state index contributed by atoms with van der Waals surface area (Å²) in [5.74, 6) is -0.0474. The van der Waals surface area contributed by atoms with Crippen LogP contribution in [0.4, 0.5) is 0 Å². The van der Waals surface area contributed by atoms with E-state index in [9.17, 15) is 9.59 Å². The van der Waals surface area contributed by atoms with Gasteiger partial charge in [0.25, 0.3) is 5.91 Å². The first-order valence-corrected chi connectivity index (χ1v) is 8.34. The summed E-state index contributed by atoms with van der Waals surface area (Å²) < 4.78 is 2.09. The second-order valence-electron chi connectivity index (χ2n) is 6.37. The van der Waals surface area contributed by atoms with Crippen LogP contribution in [0.25, 0.3) is 0 Å². The van der Waals surface area contributed by atoms with Gasteiger partial charge in [-0.05, 0) is 25.0 Å². The molecule has 2 aliphatic heterocycles. The third-order valence-electron chi connectivity index (χ3n) is 4.79. The van der Waals surface area contributed by atoms with E-state index in [4.69, 9.17) is 0 Å². The van der Waals surface area contributed by atoms with Gasteiger partial charge in [0.2, 0.25) is 5.91 Å². The molecule has 3 heterocycles. The lowest BCUT2D eigenvalue weighted by molar-refractivity contribution is -0.131. The molecule has 1 saturated heterocycles. The van der Waals surface area contributed by atoms with E-state index in [0.29, 0.717) is 18.6 Å². The van der Waals surface area contributed by atoms with Gasteiger partial charge in [0.15, 0.2) is 0 Å². The predicted molar refractivity (Wildman–Crippen MR) is 87.8 cm³/mol. The van der Waals surface area contributed by atoms with E-state index in [1.165, 1.54) is 10.7 Å². The Hall–Kier alpha value is -2.11. The van der Waals surface area contributed by atoms with E-state index in [-0.39, 0.29) is 17.9 Å². The van der Waals surface area contributed by atoms with Crippen LogP contribution in [0.1, 0.15) is 50.3 Å². The number of aryl methyl sites for hydroxylation is 1. The monoisotopic (exact) mass is 316 g/mol. The van der Waals surface area contributed by atoms with E-state index >= 15 is 0 Å². The second kappa shape index (κ2) is 6.56. The van der Waals surface area contributed by atoms with Gasteiger partial charge < -0.3 is 9.47 Å². The van der Waals surface area contributed by atoms with Crippen molar-refractivity contribution in [3.8, 4) is 0 Å². The summed E-state index contributed by atoms with van der Waals surface area (Å²) in [6.07, 6.45) is 7.11. The van der Waals surface area contributed by atoms with Crippen molar-refractivity contribution in [2.75, 3.05) is 13.6 Å². The summed E-state index contributed by atoms with van der Waals surface area (Å²) in [6.45, 7) is 0.755. The third-order valence-corrected chi connectivity index (χ3v) is 4.79. The Labute approximate surface area is 136 Å². The normalized spacial score (nSPS) is 22.8. The van der Waals surface area contributed by atoms with Crippen LogP contribution in [0.5, 0.6) is 0 Å². The molecule has 0 N–H and O–H groups in total. The molecule has 124 valence electrons. The topological polar surface area (TPSA) is 57.9 Å². The molecule has 2 aliphatic rings. The molecule has 0 radical (unpaired) electrons. The highest BCUT2D eigenvalue weighted by atomic mass is 16.2. The highest BCUT2D eigenvalue weighted by Crippen LogP contribution is 2.31. The Bertz CT molecular complexity index is 634. The molecule has 6 nitrogen and oxygen atoms in total. The summed E-state index contributed by atoms with van der Waals surface area (Å²) in [7, 11) is 3.64. The van der Waals surface area contributed by atoms with Crippen LogP contribution in [0.3, 0.4) is 0 Å². The first-order valence-electron chi connectivity index (χ1n) is 8.34. The van der Waals surface area contributed by atoms with Crippen LogP contribution < -0.4 is 0 Å². The number of amides is 2. The van der Waals surface area contributed by atoms with Crippen molar-refractivity contribution in [2.45, 2.75) is 44.6 Å². The summed E-state index contributed by atoms with van der Waals surface area (Å²) >= 11 is 0. The van der Waals surface area contributed by atoms with Crippen LogP contribution in [-0.4, -0.2) is 45.6 Å². The summed E-state index contributed by atoms with van der Waals surface area (Å²) in [4.78, 5) is 26.6. The molecule has 1 fully saturated rings. The van der Waals surface area contributed by atoms with Crippen LogP contribution in [0, 0.1) is 0 Å². The predicted octanol–water partition coefficient (Wildman–Crippen LogP) is 2.08. The van der Waals surface area contributed by atoms with Crippen molar-refractivity contribution in [2.24, 2.45) is 12.1 Å². The molecule has 0 aliphatic carbocycles. The van der Waals surface area contributed by atoms with E-state index in [0.717, 1.165) is 32.2 Å². The SMILES string of the molecule is CN1N=C(C(=O)N2CCCCC[C@@H]2c2cccn2C)CCC1=O. The van der Waals surface area contributed by atoms with Crippen molar-refractivity contribution in [3.05, 3.63) is 24.0 Å². The number of hydrogen-bond acceptors (Lipinski definition) is 3. The highest BCUT2D eigenvalue weighted by molar-refractivity contribution is 6.39. The van der Waals surface area contributed by atoms with Crippen LogP contribution >= 0.6 is 0 Å². The average molecular weight is 316 g/mol. The first-order chi connectivity index (χ1) is 11.1. The number of hydrogen-bond donors (Lipinski definition) is 0. The molecule has 3 rings (SSSR count). The summed E-state index contributed by atoms with van der Waals surface area (Å²) in [5, 5.41) is 5.51. The molecule has 6 heteroatoms. The van der Waals surface area contributed by atoms with Crippen molar-refractivity contribution < 1.29 is 9.59 Å². The number of likely N-dealkylation sites (tertiary alicyclic amines) is 1.